The van der Waals surface area contributed by atoms with Crippen LogP contribution < -0.4 is 10.0 Å². The first-order valence-electron chi connectivity index (χ1n) is 7.95. The number of benzene rings is 2. The largest absolute Gasteiger partial charge is 0.321 e. The van der Waals surface area contributed by atoms with E-state index in [1.54, 1.807) is 6.92 Å². The van der Waals surface area contributed by atoms with Gasteiger partial charge in [-0.3, -0.25) is 14.9 Å². The van der Waals surface area contributed by atoms with Crippen LogP contribution in [0.3, 0.4) is 0 Å². The van der Waals surface area contributed by atoms with Crippen molar-refractivity contribution in [3.8, 4) is 0 Å². The average molecular weight is 375 g/mol. The molecule has 1 aliphatic carbocycles. The number of hydrogen-bond donors (Lipinski definition) is 2. The minimum Gasteiger partial charge on any atom is -0.321 e. The van der Waals surface area contributed by atoms with E-state index in [2.05, 4.69) is 10.0 Å². The van der Waals surface area contributed by atoms with Gasteiger partial charge in [-0.05, 0) is 43.5 Å². The summed E-state index contributed by atoms with van der Waals surface area (Å²) >= 11 is 0. The van der Waals surface area contributed by atoms with Crippen molar-refractivity contribution in [1.29, 1.82) is 0 Å². The van der Waals surface area contributed by atoms with Crippen molar-refractivity contribution in [2.24, 2.45) is 0 Å². The van der Waals surface area contributed by atoms with E-state index in [1.807, 2.05) is 0 Å². The van der Waals surface area contributed by atoms with Gasteiger partial charge in [0.15, 0.2) is 0 Å². The molecule has 0 saturated heterocycles. The monoisotopic (exact) mass is 375 g/mol. The molecule has 136 valence electrons. The van der Waals surface area contributed by atoms with Gasteiger partial charge in [0.2, 0.25) is 10.0 Å². The topological polar surface area (TPSA) is 118 Å². The summed E-state index contributed by atoms with van der Waals surface area (Å²) in [6.45, 7) is 1.71. The van der Waals surface area contributed by atoms with Crippen LogP contribution in [0.25, 0.3) is 0 Å². The summed E-state index contributed by atoms with van der Waals surface area (Å²) in [5, 5.41) is 13.5. The molecule has 2 aromatic carbocycles. The molecule has 1 amide bonds. The first-order valence-corrected chi connectivity index (χ1v) is 9.43. The fraction of sp³-hybridized carbons (Fsp3) is 0.235. The van der Waals surface area contributed by atoms with E-state index >= 15 is 0 Å². The normalized spacial score (nSPS) is 14.0. The van der Waals surface area contributed by atoms with Gasteiger partial charge < -0.3 is 5.32 Å². The van der Waals surface area contributed by atoms with Gasteiger partial charge in [-0.25, -0.2) is 13.1 Å². The number of nitrogens with one attached hydrogen (secondary N) is 2. The van der Waals surface area contributed by atoms with Gasteiger partial charge in [0.1, 0.15) is 0 Å². The van der Waals surface area contributed by atoms with Crippen LogP contribution >= 0.6 is 0 Å². The maximum atomic E-state index is 12.5. The standard InChI is InChI=1S/C17H17N3O5S/c1-11-5-8-14(20(22)23)10-16(11)18-17(21)12-3-2-4-15(9-12)26(24,25)19-13-6-7-13/h2-5,8-10,13,19H,6-7H2,1H3,(H,18,21). The number of amides is 1. The minimum atomic E-state index is -3.67. The number of sulfonamides is 1. The summed E-state index contributed by atoms with van der Waals surface area (Å²) in [5.41, 5.74) is 0.960. The Morgan fingerprint density at radius 3 is 2.58 bits per heavy atom. The fourth-order valence-electron chi connectivity index (χ4n) is 2.35. The molecule has 0 bridgehead atoms. The Labute approximate surface area is 150 Å². The highest BCUT2D eigenvalue weighted by molar-refractivity contribution is 7.89. The molecule has 1 saturated carbocycles. The maximum Gasteiger partial charge on any atom is 0.271 e. The zero-order valence-electron chi connectivity index (χ0n) is 13.9. The summed E-state index contributed by atoms with van der Waals surface area (Å²) in [5.74, 6) is -0.544. The van der Waals surface area contributed by atoms with Gasteiger partial charge in [0.25, 0.3) is 11.6 Å². The molecule has 0 unspecified atom stereocenters. The molecule has 26 heavy (non-hydrogen) atoms. The number of rotatable bonds is 6. The maximum absolute atomic E-state index is 12.5. The van der Waals surface area contributed by atoms with Crippen molar-refractivity contribution in [3.63, 3.8) is 0 Å². The molecular weight excluding hydrogens is 358 g/mol. The predicted molar refractivity (Wildman–Crippen MR) is 95.6 cm³/mol. The number of nitro groups is 1. The second-order valence-electron chi connectivity index (χ2n) is 6.13. The lowest BCUT2D eigenvalue weighted by Crippen LogP contribution is -2.26. The number of non-ortho nitro benzene ring substituents is 1. The summed E-state index contributed by atoms with van der Waals surface area (Å²) in [6, 6.07) is 9.78. The number of carbonyl (C=O) groups excluding carboxylic acids is 1. The molecule has 0 aromatic heterocycles. The van der Waals surface area contributed by atoms with E-state index in [-0.39, 0.29) is 22.2 Å². The zero-order chi connectivity index (χ0) is 18.9. The van der Waals surface area contributed by atoms with Crippen LogP contribution in [0.5, 0.6) is 0 Å². The molecule has 9 heteroatoms. The van der Waals surface area contributed by atoms with Crippen LogP contribution in [0, 0.1) is 17.0 Å². The Balaban J connectivity index is 1.83. The highest BCUT2D eigenvalue weighted by Crippen LogP contribution is 2.24. The van der Waals surface area contributed by atoms with Crippen LogP contribution in [0.1, 0.15) is 28.8 Å². The molecule has 0 spiro atoms. The Morgan fingerprint density at radius 2 is 1.92 bits per heavy atom. The van der Waals surface area contributed by atoms with Gasteiger partial charge in [0.05, 0.1) is 15.5 Å². The number of aryl methyl sites for hydroxylation is 1. The molecule has 0 atom stereocenters. The summed E-state index contributed by atoms with van der Waals surface area (Å²) in [6.07, 6.45) is 1.62. The van der Waals surface area contributed by atoms with E-state index in [4.69, 9.17) is 0 Å². The van der Waals surface area contributed by atoms with Crippen LogP contribution in [-0.2, 0) is 10.0 Å². The van der Waals surface area contributed by atoms with Crippen molar-refractivity contribution in [2.75, 3.05) is 5.32 Å². The third-order valence-corrected chi connectivity index (χ3v) is 5.50. The van der Waals surface area contributed by atoms with Crippen LogP contribution in [0.2, 0.25) is 0 Å². The van der Waals surface area contributed by atoms with Gasteiger partial charge in [-0.15, -0.1) is 0 Å². The van der Waals surface area contributed by atoms with E-state index in [1.165, 1.54) is 42.5 Å². The molecule has 0 heterocycles. The number of nitrogens with zero attached hydrogens (tertiary/aromatic N) is 1. The first kappa shape index (κ1) is 18.0. The molecular formula is C17H17N3O5S. The quantitative estimate of drug-likeness (QED) is 0.594. The third-order valence-electron chi connectivity index (χ3n) is 3.99. The Morgan fingerprint density at radius 1 is 1.19 bits per heavy atom. The Bertz CT molecular complexity index is 984. The number of hydrogen-bond acceptors (Lipinski definition) is 5. The minimum absolute atomic E-state index is 0.00724. The lowest BCUT2D eigenvalue weighted by Gasteiger charge is -2.10. The molecule has 0 aliphatic heterocycles. The lowest BCUT2D eigenvalue weighted by atomic mass is 10.1. The van der Waals surface area contributed by atoms with E-state index < -0.39 is 20.9 Å². The Kier molecular flexibility index (Phi) is 4.75. The molecule has 2 aromatic rings. The van der Waals surface area contributed by atoms with Crippen molar-refractivity contribution >= 4 is 27.3 Å². The van der Waals surface area contributed by atoms with Gasteiger partial charge >= 0.3 is 0 Å². The smallest absolute Gasteiger partial charge is 0.271 e. The van der Waals surface area contributed by atoms with Crippen LogP contribution in [-0.4, -0.2) is 25.3 Å². The highest BCUT2D eigenvalue weighted by atomic mass is 32.2. The van der Waals surface area contributed by atoms with Crippen molar-refractivity contribution in [3.05, 3.63) is 63.7 Å². The molecule has 1 aliphatic rings. The average Bonchev–Trinajstić information content (AvgIpc) is 3.40. The van der Waals surface area contributed by atoms with Crippen molar-refractivity contribution in [2.45, 2.75) is 30.7 Å². The second-order valence-corrected chi connectivity index (χ2v) is 7.85. The zero-order valence-corrected chi connectivity index (χ0v) is 14.7. The summed E-state index contributed by atoms with van der Waals surface area (Å²) < 4.78 is 27.1. The third kappa shape index (κ3) is 4.06. The van der Waals surface area contributed by atoms with Gasteiger partial charge in [0, 0.05) is 23.7 Å². The lowest BCUT2D eigenvalue weighted by molar-refractivity contribution is -0.384. The predicted octanol–water partition coefficient (Wildman–Crippen LogP) is 2.60. The molecule has 1 fully saturated rings. The van der Waals surface area contributed by atoms with Gasteiger partial charge in [-0.1, -0.05) is 12.1 Å². The van der Waals surface area contributed by atoms with E-state index in [0.29, 0.717) is 11.3 Å². The SMILES string of the molecule is Cc1ccc([N+](=O)[O-])cc1NC(=O)c1cccc(S(=O)(=O)NC2CC2)c1. The van der Waals surface area contributed by atoms with Gasteiger partial charge in [-0.2, -0.15) is 0 Å². The summed E-state index contributed by atoms with van der Waals surface area (Å²) in [7, 11) is -3.67. The number of anilines is 1. The van der Waals surface area contributed by atoms with Crippen LogP contribution in [0.15, 0.2) is 47.4 Å². The molecule has 0 radical (unpaired) electrons. The van der Waals surface area contributed by atoms with Crippen molar-refractivity contribution < 1.29 is 18.1 Å². The second kappa shape index (κ2) is 6.85. The molecule has 8 nitrogen and oxygen atoms in total. The molecule has 3 rings (SSSR count). The van der Waals surface area contributed by atoms with Crippen LogP contribution in [0.4, 0.5) is 11.4 Å². The number of nitro benzene ring substituents is 1. The van der Waals surface area contributed by atoms with E-state index in [9.17, 15) is 23.3 Å². The number of carbonyl (C=O) groups is 1. The highest BCUT2D eigenvalue weighted by Gasteiger charge is 2.28. The molecule has 2 N–H and O–H groups in total. The fourth-order valence-corrected chi connectivity index (χ4v) is 3.70. The van der Waals surface area contributed by atoms with E-state index in [0.717, 1.165) is 12.8 Å². The van der Waals surface area contributed by atoms with Crippen molar-refractivity contribution in [1.82, 2.24) is 4.72 Å². The summed E-state index contributed by atoms with van der Waals surface area (Å²) in [4.78, 5) is 22.8. The first-order chi connectivity index (χ1) is 12.3. The Hall–Kier alpha value is -2.78.